The molecule has 1 aliphatic heterocycles. The van der Waals surface area contributed by atoms with Gasteiger partial charge >= 0.3 is 23.5 Å². The second-order valence-corrected chi connectivity index (χ2v) is 11.6. The van der Waals surface area contributed by atoms with Crippen LogP contribution >= 0.6 is 46.7 Å². The van der Waals surface area contributed by atoms with Crippen molar-refractivity contribution in [3.63, 3.8) is 0 Å². The molecule has 2 aromatic heterocycles. The van der Waals surface area contributed by atoms with Crippen molar-refractivity contribution in [3.8, 4) is 0 Å². The largest absolute Gasteiger partial charge is 0.490 e. The Balaban J connectivity index is 1.77. The molecule has 1 fully saturated rings. The smallest absolute Gasteiger partial charge is 0.385 e. The number of rotatable bonds is 8. The van der Waals surface area contributed by atoms with Crippen LogP contribution < -0.4 is 5.73 Å². The fourth-order valence-electron chi connectivity index (χ4n) is 2.65. The maximum absolute atomic E-state index is 15.1. The Morgan fingerprint density at radius 1 is 1.21 bits per heavy atom. The lowest BCUT2D eigenvalue weighted by atomic mass is 10.1. The van der Waals surface area contributed by atoms with Crippen molar-refractivity contribution in [1.29, 1.82) is 0 Å². The van der Waals surface area contributed by atoms with Gasteiger partial charge in [-0.3, -0.25) is 9.09 Å². The molecule has 0 spiro atoms. The highest BCUT2D eigenvalue weighted by Crippen LogP contribution is 2.66. The minimum Gasteiger partial charge on any atom is -0.385 e. The van der Waals surface area contributed by atoms with E-state index in [2.05, 4.69) is 28.1 Å². The topological polar surface area (TPSA) is 259 Å². The molecule has 23 heteroatoms. The van der Waals surface area contributed by atoms with Crippen molar-refractivity contribution in [2.45, 2.75) is 23.6 Å². The van der Waals surface area contributed by atoms with Crippen LogP contribution in [-0.2, 0) is 31.6 Å². The SMILES string of the molecule is Nc1nc(Cl)c2ncn([C@@H]3O[C@H](COP(=O)(O)OP(=O)(O)OP(=O)(O)O)[C@@H](O)[C@@]3(F)Cl)c2n1. The van der Waals surface area contributed by atoms with Crippen molar-refractivity contribution in [2.24, 2.45) is 0 Å². The van der Waals surface area contributed by atoms with Gasteiger partial charge in [0.05, 0.1) is 12.9 Å². The molecule has 6 atom stereocenters. The maximum atomic E-state index is 15.1. The minimum absolute atomic E-state index is 0.0202. The van der Waals surface area contributed by atoms with E-state index in [0.717, 1.165) is 10.9 Å². The second-order valence-electron chi connectivity index (χ2n) is 6.23. The summed E-state index contributed by atoms with van der Waals surface area (Å²) in [6.45, 7) is -1.16. The number of aliphatic hydroxyl groups is 1. The number of imidazole rings is 1. The lowest BCUT2D eigenvalue weighted by Crippen LogP contribution is -2.38. The van der Waals surface area contributed by atoms with Crippen LogP contribution in [0.5, 0.6) is 0 Å². The Labute approximate surface area is 191 Å². The van der Waals surface area contributed by atoms with E-state index < -0.39 is 53.6 Å². The van der Waals surface area contributed by atoms with Crippen LogP contribution in [0.25, 0.3) is 11.2 Å². The van der Waals surface area contributed by atoms with Gasteiger partial charge in [0.25, 0.3) is 5.13 Å². The first kappa shape index (κ1) is 26.8. The lowest BCUT2D eigenvalue weighted by molar-refractivity contribution is -0.0473. The molecule has 0 bridgehead atoms. The van der Waals surface area contributed by atoms with Crippen molar-refractivity contribution in [3.05, 3.63) is 11.5 Å². The standard InChI is InChI=1S/C10H13Cl2FN5O12P3/c11-6-4-7(17-9(14)16-6)18(2-15-4)8-10(12,13)5(19)3(28-8)1-27-32(23,24)30-33(25,26)29-31(20,21)22/h2-3,5,8,19H,1H2,(H,23,24)(H,25,26)(H2,14,16,17)(H2,20,21,22)/t3-,5-,8-,10+/m1/s1. The third kappa shape index (κ3) is 6.07. The predicted octanol–water partition coefficient (Wildman–Crippen LogP) is 0.568. The van der Waals surface area contributed by atoms with Gasteiger partial charge in [0.2, 0.25) is 5.95 Å². The summed E-state index contributed by atoms with van der Waals surface area (Å²) in [6, 6.07) is 0. The number of phosphoric ester groups is 1. The van der Waals surface area contributed by atoms with Gasteiger partial charge in [-0.05, 0) is 0 Å². The maximum Gasteiger partial charge on any atom is 0.490 e. The highest BCUT2D eigenvalue weighted by molar-refractivity contribution is 7.66. The van der Waals surface area contributed by atoms with Gasteiger partial charge in [-0.2, -0.15) is 18.6 Å². The fourth-order valence-corrected chi connectivity index (χ4v) is 6.19. The molecular formula is C10H13Cl2FN5O12P3. The zero-order valence-corrected chi connectivity index (χ0v) is 19.6. The molecule has 0 aliphatic carbocycles. The number of aromatic nitrogens is 4. The normalized spacial score (nSPS) is 29.8. The molecule has 2 aromatic rings. The van der Waals surface area contributed by atoms with Crippen LogP contribution in [0.4, 0.5) is 10.3 Å². The Morgan fingerprint density at radius 2 is 1.85 bits per heavy atom. The van der Waals surface area contributed by atoms with Crippen LogP contribution in [-0.4, -0.2) is 68.1 Å². The van der Waals surface area contributed by atoms with E-state index in [1.54, 1.807) is 0 Å². The van der Waals surface area contributed by atoms with Crippen LogP contribution in [0.2, 0.25) is 5.15 Å². The van der Waals surface area contributed by atoms with Crippen molar-refractivity contribution < 1.29 is 60.6 Å². The molecular weight excluding hydrogens is 565 g/mol. The van der Waals surface area contributed by atoms with Crippen LogP contribution in [0.1, 0.15) is 6.23 Å². The number of aliphatic hydroxyl groups excluding tert-OH is 1. The molecule has 2 unspecified atom stereocenters. The molecule has 3 rings (SSSR count). The highest BCUT2D eigenvalue weighted by atomic mass is 35.5. The molecule has 0 amide bonds. The van der Waals surface area contributed by atoms with Gasteiger partial charge in [-0.15, -0.1) is 0 Å². The Morgan fingerprint density at radius 3 is 2.45 bits per heavy atom. The van der Waals surface area contributed by atoms with Crippen molar-refractivity contribution in [1.82, 2.24) is 19.5 Å². The lowest BCUT2D eigenvalue weighted by Gasteiger charge is -2.22. The van der Waals surface area contributed by atoms with Crippen LogP contribution in [0.3, 0.4) is 0 Å². The van der Waals surface area contributed by atoms with Gasteiger partial charge in [0, 0.05) is 0 Å². The van der Waals surface area contributed by atoms with E-state index in [1.807, 2.05) is 0 Å². The van der Waals surface area contributed by atoms with Crippen molar-refractivity contribution in [2.75, 3.05) is 12.3 Å². The summed E-state index contributed by atoms with van der Waals surface area (Å²) in [7, 11) is -16.9. The van der Waals surface area contributed by atoms with Gasteiger partial charge in [-0.25, -0.2) is 23.1 Å². The van der Waals surface area contributed by atoms with E-state index in [-0.39, 0.29) is 22.3 Å². The number of hydrogen-bond donors (Lipinski definition) is 6. The molecule has 33 heavy (non-hydrogen) atoms. The molecule has 1 aliphatic rings. The van der Waals surface area contributed by atoms with E-state index in [9.17, 15) is 23.7 Å². The molecule has 17 nitrogen and oxygen atoms in total. The first-order valence-corrected chi connectivity index (χ1v) is 13.3. The summed E-state index contributed by atoms with van der Waals surface area (Å²) in [5, 5.41) is 6.90. The molecule has 186 valence electrons. The summed E-state index contributed by atoms with van der Waals surface area (Å²) >= 11 is 11.7. The number of nitrogens with zero attached hydrogens (tertiary/aromatic N) is 4. The van der Waals surface area contributed by atoms with Gasteiger partial charge in [-0.1, -0.05) is 23.2 Å². The minimum atomic E-state index is -5.78. The second kappa shape index (κ2) is 9.00. The number of halogens is 3. The Kier molecular flexibility index (Phi) is 7.31. The zero-order valence-electron chi connectivity index (χ0n) is 15.5. The summed E-state index contributed by atoms with van der Waals surface area (Å²) < 4.78 is 66.5. The number of nitrogens with two attached hydrogens (primary N) is 1. The third-order valence-corrected chi connectivity index (χ3v) is 8.32. The molecule has 0 saturated carbocycles. The monoisotopic (exact) mass is 577 g/mol. The van der Waals surface area contributed by atoms with E-state index in [0.29, 0.717) is 0 Å². The van der Waals surface area contributed by atoms with E-state index in [1.165, 1.54) is 0 Å². The molecule has 3 heterocycles. The number of anilines is 1. The number of phosphoric acid groups is 3. The Bertz CT molecular complexity index is 1210. The van der Waals surface area contributed by atoms with Gasteiger partial charge in [0.1, 0.15) is 17.7 Å². The highest BCUT2D eigenvalue weighted by Gasteiger charge is 2.58. The zero-order chi connectivity index (χ0) is 25.0. The number of ether oxygens (including phenoxy) is 1. The molecule has 7 N–H and O–H groups in total. The predicted molar refractivity (Wildman–Crippen MR) is 104 cm³/mol. The average molecular weight is 578 g/mol. The van der Waals surface area contributed by atoms with Crippen LogP contribution in [0, 0.1) is 0 Å². The molecule has 0 radical (unpaired) electrons. The van der Waals surface area contributed by atoms with Crippen molar-refractivity contribution >= 4 is 63.8 Å². The number of nitrogen functional groups attached to an aromatic ring is 1. The molecule has 1 saturated heterocycles. The first-order chi connectivity index (χ1) is 14.9. The summed E-state index contributed by atoms with van der Waals surface area (Å²) in [5.41, 5.74) is 5.34. The van der Waals surface area contributed by atoms with Gasteiger partial charge in [0.15, 0.2) is 17.0 Å². The fraction of sp³-hybridized carbons (Fsp3) is 0.500. The number of fused-ring (bicyclic) bond motifs is 1. The third-order valence-electron chi connectivity index (χ3n) is 3.85. The summed E-state index contributed by atoms with van der Waals surface area (Å²) in [4.78, 5) is 47.0. The number of alkyl halides is 2. The Hall–Kier alpha value is -0.810. The van der Waals surface area contributed by atoms with E-state index >= 15 is 4.39 Å². The van der Waals surface area contributed by atoms with Gasteiger partial charge < -0.3 is 35.2 Å². The van der Waals surface area contributed by atoms with Crippen LogP contribution in [0.15, 0.2) is 6.33 Å². The quantitative estimate of drug-likeness (QED) is 0.142. The average Bonchev–Trinajstić information content (AvgIpc) is 3.10. The first-order valence-electron chi connectivity index (χ1n) is 8.07. The number of hydrogen-bond acceptors (Lipinski definition) is 12. The van der Waals surface area contributed by atoms with E-state index in [4.69, 9.17) is 48.4 Å². The molecule has 0 aromatic carbocycles. The summed E-state index contributed by atoms with van der Waals surface area (Å²) in [5.74, 6) is -0.309. The summed E-state index contributed by atoms with van der Waals surface area (Å²) in [6.07, 6.45) is -4.87.